The molecule has 1 fully saturated rings. The minimum Gasteiger partial charge on any atom is -0.341 e. The topological polar surface area (TPSA) is 79.0 Å². The number of H-pyrrole nitrogens is 1. The zero-order valence-electron chi connectivity index (χ0n) is 15.1. The molecule has 2 aromatic rings. The number of aryl methyl sites for hydroxylation is 2. The van der Waals surface area contributed by atoms with Gasteiger partial charge < -0.3 is 9.88 Å². The van der Waals surface area contributed by atoms with Gasteiger partial charge in [-0.1, -0.05) is 25.6 Å². The molecule has 1 N–H and O–H groups in total. The van der Waals surface area contributed by atoms with Crippen LogP contribution >= 0.6 is 11.8 Å². The highest BCUT2D eigenvalue weighted by molar-refractivity contribution is 7.99. The Morgan fingerprint density at radius 2 is 1.96 bits per heavy atom. The van der Waals surface area contributed by atoms with Gasteiger partial charge in [-0.25, -0.2) is 9.97 Å². The van der Waals surface area contributed by atoms with E-state index in [4.69, 9.17) is 0 Å². The smallest absolute Gasteiger partial charge is 0.261 e. The van der Waals surface area contributed by atoms with E-state index in [1.807, 2.05) is 24.8 Å². The van der Waals surface area contributed by atoms with Gasteiger partial charge in [0.25, 0.3) is 5.56 Å². The predicted molar refractivity (Wildman–Crippen MR) is 99.9 cm³/mol. The van der Waals surface area contributed by atoms with Crippen molar-refractivity contribution in [2.75, 3.05) is 18.8 Å². The minimum absolute atomic E-state index is 0.0968. The van der Waals surface area contributed by atoms with E-state index in [0.717, 1.165) is 24.3 Å². The largest absolute Gasteiger partial charge is 0.341 e. The van der Waals surface area contributed by atoms with Crippen molar-refractivity contribution in [3.05, 3.63) is 27.7 Å². The van der Waals surface area contributed by atoms with E-state index in [9.17, 15) is 9.59 Å². The van der Waals surface area contributed by atoms with E-state index in [1.165, 1.54) is 18.2 Å². The first kappa shape index (κ1) is 17.9. The van der Waals surface area contributed by atoms with Gasteiger partial charge in [0.2, 0.25) is 5.91 Å². The van der Waals surface area contributed by atoms with Crippen LogP contribution in [0.1, 0.15) is 31.5 Å². The summed E-state index contributed by atoms with van der Waals surface area (Å²) in [6, 6.07) is 1.87. The fraction of sp³-hybridized carbons (Fsp3) is 0.556. The molecular weight excluding hydrogens is 336 g/mol. The maximum atomic E-state index is 12.5. The molecule has 1 aliphatic rings. The van der Waals surface area contributed by atoms with E-state index >= 15 is 0 Å². The van der Waals surface area contributed by atoms with Gasteiger partial charge in [-0.15, -0.1) is 0 Å². The molecule has 1 saturated heterocycles. The molecule has 2 atom stereocenters. The first-order valence-corrected chi connectivity index (χ1v) is 9.61. The maximum Gasteiger partial charge on any atom is 0.261 e. The number of thioether (sulfide) groups is 1. The number of likely N-dealkylation sites (tertiary alicyclic amines) is 1. The summed E-state index contributed by atoms with van der Waals surface area (Å²) >= 11 is 1.27. The summed E-state index contributed by atoms with van der Waals surface area (Å²) in [5.74, 6) is 1.44. The molecule has 3 rings (SSSR count). The number of piperidine rings is 1. The third-order valence-corrected chi connectivity index (χ3v) is 5.39. The van der Waals surface area contributed by atoms with Gasteiger partial charge in [-0.2, -0.15) is 0 Å². The van der Waals surface area contributed by atoms with Crippen LogP contribution in [0.4, 0.5) is 0 Å². The fourth-order valence-electron chi connectivity index (χ4n) is 3.62. The Morgan fingerprint density at radius 1 is 1.28 bits per heavy atom. The zero-order valence-corrected chi connectivity index (χ0v) is 15.9. The fourth-order valence-corrected chi connectivity index (χ4v) is 4.38. The lowest BCUT2D eigenvalue weighted by molar-refractivity contribution is -0.130. The Labute approximate surface area is 151 Å². The van der Waals surface area contributed by atoms with Gasteiger partial charge in [0, 0.05) is 18.8 Å². The number of pyridine rings is 1. The number of carbonyl (C=O) groups excluding carboxylic acids is 1. The second-order valence-corrected chi connectivity index (χ2v) is 8.15. The van der Waals surface area contributed by atoms with Crippen LogP contribution in [0.3, 0.4) is 0 Å². The Morgan fingerprint density at radius 3 is 2.64 bits per heavy atom. The first-order valence-electron chi connectivity index (χ1n) is 8.62. The lowest BCUT2D eigenvalue weighted by Crippen LogP contribution is -2.43. The zero-order chi connectivity index (χ0) is 18.1. The lowest BCUT2D eigenvalue weighted by atomic mass is 9.92. The molecule has 1 amide bonds. The van der Waals surface area contributed by atoms with Gasteiger partial charge in [0.1, 0.15) is 0 Å². The van der Waals surface area contributed by atoms with Crippen LogP contribution in [-0.4, -0.2) is 44.6 Å². The summed E-state index contributed by atoms with van der Waals surface area (Å²) in [6.45, 7) is 9.74. The summed E-state index contributed by atoms with van der Waals surface area (Å²) in [5.41, 5.74) is 1.92. The highest BCUT2D eigenvalue weighted by Gasteiger charge is 2.25. The summed E-state index contributed by atoms with van der Waals surface area (Å²) in [7, 11) is 0. The van der Waals surface area contributed by atoms with E-state index in [2.05, 4.69) is 28.8 Å². The number of carbonyl (C=O) groups is 1. The highest BCUT2D eigenvalue weighted by Crippen LogP contribution is 2.23. The number of hydrogen-bond acceptors (Lipinski definition) is 5. The molecular formula is C18H24N4O2S. The number of hydrogen-bond donors (Lipinski definition) is 1. The summed E-state index contributed by atoms with van der Waals surface area (Å²) in [5, 5.41) is 0.960. The van der Waals surface area contributed by atoms with Crippen molar-refractivity contribution in [3.63, 3.8) is 0 Å². The van der Waals surface area contributed by atoms with Crippen molar-refractivity contribution < 1.29 is 4.79 Å². The molecule has 0 bridgehead atoms. The Kier molecular flexibility index (Phi) is 5.13. The van der Waals surface area contributed by atoms with E-state index < -0.39 is 0 Å². The molecule has 0 spiro atoms. The number of amides is 1. The van der Waals surface area contributed by atoms with E-state index in [0.29, 0.717) is 28.0 Å². The summed E-state index contributed by atoms with van der Waals surface area (Å²) in [4.78, 5) is 38.3. The molecule has 0 radical (unpaired) electrons. The van der Waals surface area contributed by atoms with Crippen molar-refractivity contribution in [3.8, 4) is 0 Å². The molecule has 0 aliphatic carbocycles. The molecule has 0 unspecified atom stereocenters. The van der Waals surface area contributed by atoms with Crippen molar-refractivity contribution >= 4 is 28.7 Å². The molecule has 2 aromatic heterocycles. The average molecular weight is 360 g/mol. The Hall–Kier alpha value is -1.89. The Balaban J connectivity index is 1.75. The number of fused-ring (bicyclic) bond motifs is 1. The number of nitrogens with zero attached hydrogens (tertiary/aromatic N) is 3. The first-order chi connectivity index (χ1) is 11.8. The summed E-state index contributed by atoms with van der Waals surface area (Å²) < 4.78 is 0. The second kappa shape index (κ2) is 7.15. The number of nitrogens with one attached hydrogen (secondary N) is 1. The minimum atomic E-state index is -0.204. The van der Waals surface area contributed by atoms with Gasteiger partial charge in [0.15, 0.2) is 10.8 Å². The molecule has 25 heavy (non-hydrogen) atoms. The van der Waals surface area contributed by atoms with E-state index in [1.54, 1.807) is 0 Å². The Bertz CT molecular complexity index is 854. The van der Waals surface area contributed by atoms with Crippen LogP contribution in [0, 0.1) is 25.7 Å². The number of aromatic amines is 1. The van der Waals surface area contributed by atoms with Crippen LogP contribution < -0.4 is 5.56 Å². The quantitative estimate of drug-likeness (QED) is 0.672. The van der Waals surface area contributed by atoms with Gasteiger partial charge >= 0.3 is 0 Å². The SMILES string of the molecule is Cc1cc(C)c2c(=O)[nH]c(SCC(=O)N3C[C@H](C)C[C@H](C)C3)nc2n1. The van der Waals surface area contributed by atoms with Crippen LogP contribution in [0.2, 0.25) is 0 Å². The molecule has 0 saturated carbocycles. The van der Waals surface area contributed by atoms with Crippen LogP contribution in [0.25, 0.3) is 11.0 Å². The third-order valence-electron chi connectivity index (χ3n) is 4.53. The van der Waals surface area contributed by atoms with Gasteiger partial charge in [0.05, 0.1) is 11.1 Å². The molecule has 7 heteroatoms. The van der Waals surface area contributed by atoms with Crippen molar-refractivity contribution in [1.29, 1.82) is 0 Å². The van der Waals surface area contributed by atoms with Crippen molar-refractivity contribution in [2.45, 2.75) is 39.3 Å². The standard InChI is InChI=1S/C18H24N4O2S/c1-10-5-11(2)8-22(7-10)14(23)9-25-18-20-16-15(17(24)21-18)12(3)6-13(4)19-16/h6,10-11H,5,7-9H2,1-4H3,(H,19,20,21,24)/t10-,11+. The average Bonchev–Trinajstić information content (AvgIpc) is 2.50. The molecule has 3 heterocycles. The van der Waals surface area contributed by atoms with Crippen molar-refractivity contribution in [2.24, 2.45) is 11.8 Å². The predicted octanol–water partition coefficient (Wildman–Crippen LogP) is 2.53. The van der Waals surface area contributed by atoms with Crippen LogP contribution in [0.5, 0.6) is 0 Å². The third kappa shape index (κ3) is 4.03. The second-order valence-electron chi connectivity index (χ2n) is 7.18. The highest BCUT2D eigenvalue weighted by atomic mass is 32.2. The maximum absolute atomic E-state index is 12.5. The number of rotatable bonds is 3. The van der Waals surface area contributed by atoms with Gasteiger partial charge in [-0.05, 0) is 43.7 Å². The van der Waals surface area contributed by atoms with Crippen molar-refractivity contribution in [1.82, 2.24) is 19.9 Å². The van der Waals surface area contributed by atoms with Gasteiger partial charge in [-0.3, -0.25) is 9.59 Å². The molecule has 0 aromatic carbocycles. The summed E-state index contributed by atoms with van der Waals surface area (Å²) in [6.07, 6.45) is 1.17. The molecule has 1 aliphatic heterocycles. The molecule has 6 nitrogen and oxygen atoms in total. The van der Waals surface area contributed by atoms with Crippen LogP contribution in [-0.2, 0) is 4.79 Å². The number of aromatic nitrogens is 3. The van der Waals surface area contributed by atoms with E-state index in [-0.39, 0.29) is 17.2 Å². The monoisotopic (exact) mass is 360 g/mol. The normalized spacial score (nSPS) is 20.9. The lowest BCUT2D eigenvalue weighted by Gasteiger charge is -2.34. The van der Waals surface area contributed by atoms with Crippen LogP contribution in [0.15, 0.2) is 16.0 Å². The molecule has 134 valence electrons.